The molecule has 0 saturated heterocycles. The number of nitrogens with zero attached hydrogens (tertiary/aromatic N) is 5. The van der Waals surface area contributed by atoms with E-state index in [1.54, 1.807) is 21.6 Å². The Bertz CT molecular complexity index is 1240. The number of ether oxygens (including phenoxy) is 1. The minimum atomic E-state index is -1.19. The summed E-state index contributed by atoms with van der Waals surface area (Å²) in [6, 6.07) is 8.89. The number of para-hydroxylation sites is 1. The number of carbonyl (C=O) groups is 1. The molecule has 1 N–H and O–H groups in total. The molecule has 0 unspecified atom stereocenters. The summed E-state index contributed by atoms with van der Waals surface area (Å²) in [4.78, 5) is 21.0. The molecule has 0 atom stereocenters. The highest BCUT2D eigenvalue weighted by Gasteiger charge is 2.20. The second kappa shape index (κ2) is 7.65. The van der Waals surface area contributed by atoms with Crippen LogP contribution in [-0.4, -0.2) is 50.1 Å². The molecule has 0 bridgehead atoms. The Hall–Kier alpha value is -3.04. The molecule has 0 aliphatic carbocycles. The fourth-order valence-electron chi connectivity index (χ4n) is 3.37. The van der Waals surface area contributed by atoms with Crippen LogP contribution in [0.3, 0.4) is 0 Å². The molecule has 30 heavy (non-hydrogen) atoms. The Balaban J connectivity index is 1.72. The summed E-state index contributed by atoms with van der Waals surface area (Å²) >= 11 is 0. The van der Waals surface area contributed by atoms with E-state index in [0.717, 1.165) is 16.9 Å². The number of carboxylic acid groups (broad SMARTS) is 1. The van der Waals surface area contributed by atoms with E-state index in [0.29, 0.717) is 29.2 Å². The molecule has 4 rings (SSSR count). The molecular formula is C21H25N5O3Si. The first-order valence-corrected chi connectivity index (χ1v) is 13.5. The third-order valence-electron chi connectivity index (χ3n) is 5.02. The Morgan fingerprint density at radius 2 is 2.00 bits per heavy atom. The lowest BCUT2D eigenvalue weighted by Crippen LogP contribution is -2.22. The number of hydrogen-bond donors (Lipinski definition) is 1. The number of carboxylic acids is 1. The lowest BCUT2D eigenvalue weighted by Gasteiger charge is -2.15. The zero-order chi connectivity index (χ0) is 21.5. The predicted molar refractivity (Wildman–Crippen MR) is 118 cm³/mol. The quantitative estimate of drug-likeness (QED) is 0.357. The highest BCUT2D eigenvalue weighted by Crippen LogP contribution is 2.28. The van der Waals surface area contributed by atoms with Gasteiger partial charge < -0.3 is 14.4 Å². The van der Waals surface area contributed by atoms with Gasteiger partial charge in [0.05, 0.1) is 11.7 Å². The number of hydrogen-bond acceptors (Lipinski definition) is 5. The average Bonchev–Trinajstić information content (AvgIpc) is 3.23. The van der Waals surface area contributed by atoms with Crippen LogP contribution in [0.4, 0.5) is 0 Å². The Morgan fingerprint density at radius 3 is 2.73 bits per heavy atom. The lowest BCUT2D eigenvalue weighted by molar-refractivity contribution is 0.0696. The third-order valence-corrected chi connectivity index (χ3v) is 6.73. The van der Waals surface area contributed by atoms with E-state index in [4.69, 9.17) is 4.74 Å². The summed E-state index contributed by atoms with van der Waals surface area (Å²) in [5, 5.41) is 15.2. The molecule has 3 aromatic heterocycles. The Kier molecular flexibility index (Phi) is 5.16. The van der Waals surface area contributed by atoms with Crippen molar-refractivity contribution in [1.29, 1.82) is 0 Å². The van der Waals surface area contributed by atoms with Gasteiger partial charge in [0.2, 0.25) is 0 Å². The highest BCUT2D eigenvalue weighted by molar-refractivity contribution is 6.76. The van der Waals surface area contributed by atoms with Gasteiger partial charge in [-0.3, -0.25) is 4.68 Å². The fourth-order valence-corrected chi connectivity index (χ4v) is 4.12. The second-order valence-corrected chi connectivity index (χ2v) is 14.2. The highest BCUT2D eigenvalue weighted by atomic mass is 28.3. The van der Waals surface area contributed by atoms with Crippen molar-refractivity contribution in [3.8, 4) is 11.4 Å². The first kappa shape index (κ1) is 20.2. The number of fused-ring (bicyclic) bond motifs is 2. The molecular weight excluding hydrogens is 398 g/mol. The number of aromatic nitrogens is 5. The van der Waals surface area contributed by atoms with Gasteiger partial charge in [-0.05, 0) is 12.1 Å². The fraction of sp³-hybridized carbons (Fsp3) is 0.333. The number of benzene rings is 1. The van der Waals surface area contributed by atoms with Gasteiger partial charge in [-0.2, -0.15) is 5.10 Å². The van der Waals surface area contributed by atoms with Crippen LogP contribution in [-0.2, 0) is 18.5 Å². The van der Waals surface area contributed by atoms with Crippen LogP contribution < -0.4 is 0 Å². The van der Waals surface area contributed by atoms with Gasteiger partial charge in [-0.1, -0.05) is 37.8 Å². The molecule has 4 aromatic rings. The summed E-state index contributed by atoms with van der Waals surface area (Å²) in [5.41, 5.74) is 3.12. The molecule has 3 heterocycles. The Labute approximate surface area is 175 Å². The van der Waals surface area contributed by atoms with Gasteiger partial charge in [0.25, 0.3) is 0 Å². The summed E-state index contributed by atoms with van der Waals surface area (Å²) in [7, 11) is 0.677. The van der Waals surface area contributed by atoms with Gasteiger partial charge >= 0.3 is 5.97 Å². The molecule has 0 amide bonds. The van der Waals surface area contributed by atoms with Crippen LogP contribution in [0.2, 0.25) is 25.7 Å². The van der Waals surface area contributed by atoms with E-state index in [2.05, 4.69) is 34.7 Å². The minimum absolute atomic E-state index is 0.105. The van der Waals surface area contributed by atoms with Crippen LogP contribution in [0.25, 0.3) is 33.5 Å². The molecule has 9 heteroatoms. The zero-order valence-corrected chi connectivity index (χ0v) is 18.6. The third kappa shape index (κ3) is 3.85. The topological polar surface area (TPSA) is 95.1 Å². The largest absolute Gasteiger partial charge is 0.478 e. The van der Waals surface area contributed by atoms with Gasteiger partial charge in [0.15, 0.2) is 5.65 Å². The van der Waals surface area contributed by atoms with Crippen molar-refractivity contribution < 1.29 is 14.6 Å². The lowest BCUT2D eigenvalue weighted by atomic mass is 10.1. The molecule has 0 spiro atoms. The smallest absolute Gasteiger partial charge is 0.339 e. The van der Waals surface area contributed by atoms with Crippen LogP contribution in [0.5, 0.6) is 0 Å². The van der Waals surface area contributed by atoms with E-state index >= 15 is 0 Å². The number of aryl methyl sites for hydroxylation is 1. The molecule has 0 aliphatic heterocycles. The maximum atomic E-state index is 11.8. The van der Waals surface area contributed by atoms with Crippen LogP contribution in [0.15, 0.2) is 36.7 Å². The SMILES string of the molecule is Cn1nc(-c2cnc3c(n2)c(C(=O)O)cn3COCC[Si](C)(C)C)c2ccccc21. The maximum Gasteiger partial charge on any atom is 0.339 e. The zero-order valence-electron chi connectivity index (χ0n) is 17.6. The molecule has 0 saturated carbocycles. The van der Waals surface area contributed by atoms with Crippen molar-refractivity contribution in [1.82, 2.24) is 24.3 Å². The normalized spacial score (nSPS) is 12.1. The van der Waals surface area contributed by atoms with E-state index < -0.39 is 14.0 Å². The Morgan fingerprint density at radius 1 is 1.23 bits per heavy atom. The molecule has 0 fully saturated rings. The van der Waals surface area contributed by atoms with E-state index in [9.17, 15) is 9.90 Å². The number of rotatable bonds is 7. The second-order valence-electron chi connectivity index (χ2n) is 8.58. The van der Waals surface area contributed by atoms with E-state index in [1.165, 1.54) is 0 Å². The standard InChI is InChI=1S/C21H25N5O3Si/c1-25-17-8-6-5-7-14(17)18(24-25)16-11-22-20-19(23-16)15(21(27)28)12-26(20)13-29-9-10-30(2,3)4/h5-8,11-12H,9-10,13H2,1-4H3,(H,27,28). The van der Waals surface area contributed by atoms with Gasteiger partial charge in [-0.25, -0.2) is 14.8 Å². The average molecular weight is 424 g/mol. The predicted octanol–water partition coefficient (Wildman–Crippen LogP) is 4.00. The molecule has 8 nitrogen and oxygen atoms in total. The van der Waals surface area contributed by atoms with Gasteiger partial charge in [-0.15, -0.1) is 0 Å². The van der Waals surface area contributed by atoms with Gasteiger partial charge in [0, 0.05) is 33.3 Å². The van der Waals surface area contributed by atoms with E-state index in [1.807, 2.05) is 31.3 Å². The summed E-state index contributed by atoms with van der Waals surface area (Å²) in [6.45, 7) is 7.76. The van der Waals surface area contributed by atoms with Crippen LogP contribution in [0, 0.1) is 0 Å². The molecule has 0 aliphatic rings. The van der Waals surface area contributed by atoms with Crippen molar-refractivity contribution in [3.63, 3.8) is 0 Å². The monoisotopic (exact) mass is 423 g/mol. The first-order valence-electron chi connectivity index (χ1n) is 9.83. The molecule has 1 aromatic carbocycles. The minimum Gasteiger partial charge on any atom is -0.478 e. The maximum absolute atomic E-state index is 11.8. The van der Waals surface area contributed by atoms with Crippen molar-refractivity contribution in [2.75, 3.05) is 6.61 Å². The summed E-state index contributed by atoms with van der Waals surface area (Å²) in [6.07, 6.45) is 3.18. The number of aromatic carboxylic acids is 1. The van der Waals surface area contributed by atoms with Crippen molar-refractivity contribution >= 4 is 36.1 Å². The molecule has 156 valence electrons. The van der Waals surface area contributed by atoms with E-state index in [-0.39, 0.29) is 12.3 Å². The van der Waals surface area contributed by atoms with Gasteiger partial charge in [0.1, 0.15) is 29.2 Å². The van der Waals surface area contributed by atoms with Crippen molar-refractivity contribution in [2.45, 2.75) is 32.4 Å². The van der Waals surface area contributed by atoms with Crippen LogP contribution >= 0.6 is 0 Å². The summed E-state index contributed by atoms with van der Waals surface area (Å²) in [5.74, 6) is -1.04. The molecule has 0 radical (unpaired) electrons. The van der Waals surface area contributed by atoms with Crippen molar-refractivity contribution in [3.05, 3.63) is 42.2 Å². The first-order chi connectivity index (χ1) is 14.2. The summed E-state index contributed by atoms with van der Waals surface area (Å²) < 4.78 is 9.28. The van der Waals surface area contributed by atoms with Crippen molar-refractivity contribution in [2.24, 2.45) is 7.05 Å². The van der Waals surface area contributed by atoms with Crippen LogP contribution in [0.1, 0.15) is 10.4 Å².